The van der Waals surface area contributed by atoms with Gasteiger partial charge in [-0.05, 0) is 68.4 Å². The van der Waals surface area contributed by atoms with Crippen molar-refractivity contribution in [1.82, 2.24) is 5.32 Å². The number of hydrogen-bond donors (Lipinski definition) is 2. The molecule has 4 saturated carbocycles. The Balaban J connectivity index is 1.46. The highest BCUT2D eigenvalue weighted by Crippen LogP contribution is 2.55. The Labute approximate surface area is 149 Å². The monoisotopic (exact) mass is 366 g/mol. The van der Waals surface area contributed by atoms with Crippen molar-refractivity contribution in [3.05, 3.63) is 29.8 Å². The van der Waals surface area contributed by atoms with Crippen LogP contribution in [0.15, 0.2) is 24.3 Å². The zero-order valence-electron chi connectivity index (χ0n) is 14.2. The Bertz CT molecular complexity index is 709. The first kappa shape index (κ1) is 17.4. The summed E-state index contributed by atoms with van der Waals surface area (Å²) in [4.78, 5) is 24.6. The van der Waals surface area contributed by atoms with Crippen molar-refractivity contribution in [3.63, 3.8) is 0 Å². The third-order valence-electron chi connectivity index (χ3n) is 6.10. The lowest BCUT2D eigenvalue weighted by atomic mass is 9.53. The maximum atomic E-state index is 13.0. The highest BCUT2D eigenvalue weighted by molar-refractivity contribution is 6.39. The summed E-state index contributed by atoms with van der Waals surface area (Å²) in [5, 5.41) is 5.00. The number of carbonyl (C=O) groups excluding carboxylic acids is 2. The highest BCUT2D eigenvalue weighted by Gasteiger charge is 2.52. The topological polar surface area (TPSA) is 58.2 Å². The molecule has 0 aromatic heterocycles. The van der Waals surface area contributed by atoms with Gasteiger partial charge in [-0.25, -0.2) is 0 Å². The van der Waals surface area contributed by atoms with Crippen LogP contribution in [0.5, 0.6) is 0 Å². The van der Waals surface area contributed by atoms with Crippen molar-refractivity contribution >= 4 is 17.5 Å². The molecule has 1 aromatic carbocycles. The quantitative estimate of drug-likeness (QED) is 0.784. The van der Waals surface area contributed by atoms with Crippen molar-refractivity contribution in [2.45, 2.75) is 50.2 Å². The number of anilines is 1. The molecule has 4 aliphatic rings. The van der Waals surface area contributed by atoms with Gasteiger partial charge in [0.25, 0.3) is 0 Å². The van der Waals surface area contributed by atoms with E-state index < -0.39 is 29.2 Å². The molecule has 2 amide bonds. The molecule has 0 saturated heterocycles. The molecule has 0 heterocycles. The summed E-state index contributed by atoms with van der Waals surface area (Å²) in [6.07, 6.45) is 1.60. The summed E-state index contributed by atoms with van der Waals surface area (Å²) in [5.41, 5.74) is -1.71. The second-order valence-corrected chi connectivity index (χ2v) is 8.15. The lowest BCUT2D eigenvalue weighted by Crippen LogP contribution is -2.61. The normalized spacial score (nSPS) is 32.3. The largest absolute Gasteiger partial charge is 0.418 e. The highest BCUT2D eigenvalue weighted by atomic mass is 19.4. The molecule has 7 heteroatoms. The zero-order chi connectivity index (χ0) is 18.5. The van der Waals surface area contributed by atoms with Gasteiger partial charge in [-0.3, -0.25) is 9.59 Å². The zero-order valence-corrected chi connectivity index (χ0v) is 14.2. The van der Waals surface area contributed by atoms with E-state index in [0.717, 1.165) is 31.4 Å². The minimum atomic E-state index is -4.60. The SMILES string of the molecule is O=C(Nc1ccccc1C(F)(F)F)C(=O)NC12CC3CC(CC(C3)C1)C2. The molecule has 4 bridgehead atoms. The van der Waals surface area contributed by atoms with Crippen molar-refractivity contribution < 1.29 is 22.8 Å². The molecule has 4 aliphatic carbocycles. The molecule has 0 radical (unpaired) electrons. The summed E-state index contributed by atoms with van der Waals surface area (Å²) in [7, 11) is 0. The number of nitrogens with one attached hydrogen (secondary N) is 2. The van der Waals surface area contributed by atoms with Crippen LogP contribution in [0, 0.1) is 17.8 Å². The average molecular weight is 366 g/mol. The first-order chi connectivity index (χ1) is 12.2. The Kier molecular flexibility index (Phi) is 4.00. The van der Waals surface area contributed by atoms with E-state index in [9.17, 15) is 22.8 Å². The maximum Gasteiger partial charge on any atom is 0.418 e. The standard InChI is InChI=1S/C19H21F3N2O2/c20-19(21,22)14-3-1-2-4-15(14)23-16(25)17(26)24-18-8-11-5-12(9-18)7-13(6-11)10-18/h1-4,11-13H,5-10H2,(H,23,25)(H,24,26). The lowest BCUT2D eigenvalue weighted by Gasteiger charge is -2.56. The van der Waals surface area contributed by atoms with Gasteiger partial charge in [-0.15, -0.1) is 0 Å². The van der Waals surface area contributed by atoms with Crippen LogP contribution in [0.1, 0.15) is 44.1 Å². The third kappa shape index (κ3) is 3.19. The van der Waals surface area contributed by atoms with Gasteiger partial charge in [0.05, 0.1) is 11.3 Å². The van der Waals surface area contributed by atoms with E-state index >= 15 is 0 Å². The fourth-order valence-corrected chi connectivity index (χ4v) is 5.58. The predicted molar refractivity (Wildman–Crippen MR) is 89.1 cm³/mol. The van der Waals surface area contributed by atoms with E-state index in [1.54, 1.807) is 0 Å². The van der Waals surface area contributed by atoms with Crippen LogP contribution in [0.25, 0.3) is 0 Å². The minimum Gasteiger partial charge on any atom is -0.342 e. The van der Waals surface area contributed by atoms with Crippen molar-refractivity contribution in [2.24, 2.45) is 17.8 Å². The molecule has 0 unspecified atom stereocenters. The number of benzene rings is 1. The fraction of sp³-hybridized carbons (Fsp3) is 0.579. The Morgan fingerprint density at radius 2 is 1.46 bits per heavy atom. The van der Waals surface area contributed by atoms with Gasteiger partial charge in [-0.1, -0.05) is 12.1 Å². The number of hydrogen-bond acceptors (Lipinski definition) is 2. The predicted octanol–water partition coefficient (Wildman–Crippen LogP) is 3.73. The van der Waals surface area contributed by atoms with E-state index in [1.807, 2.05) is 0 Å². The molecule has 0 spiro atoms. The average Bonchev–Trinajstić information content (AvgIpc) is 2.52. The first-order valence-electron chi connectivity index (χ1n) is 9.04. The maximum absolute atomic E-state index is 13.0. The second kappa shape index (κ2) is 5.99. The van der Waals surface area contributed by atoms with Crippen LogP contribution in [0.3, 0.4) is 0 Å². The molecule has 0 atom stereocenters. The van der Waals surface area contributed by atoms with Gasteiger partial charge in [0.1, 0.15) is 0 Å². The van der Waals surface area contributed by atoms with E-state index in [2.05, 4.69) is 10.6 Å². The summed E-state index contributed by atoms with van der Waals surface area (Å²) in [6.45, 7) is 0. The molecule has 4 nitrogen and oxygen atoms in total. The lowest BCUT2D eigenvalue weighted by molar-refractivity contribution is -0.140. The van der Waals surface area contributed by atoms with Gasteiger partial charge in [0.2, 0.25) is 0 Å². The Hall–Kier alpha value is -2.05. The summed E-state index contributed by atoms with van der Waals surface area (Å²) < 4.78 is 39.1. The van der Waals surface area contributed by atoms with Gasteiger partial charge in [0, 0.05) is 5.54 Å². The van der Waals surface area contributed by atoms with E-state index in [1.165, 1.54) is 31.4 Å². The fourth-order valence-electron chi connectivity index (χ4n) is 5.58. The molecular formula is C19H21F3N2O2. The molecule has 140 valence electrons. The Morgan fingerprint density at radius 3 is 2.00 bits per heavy atom. The number of carbonyl (C=O) groups is 2. The van der Waals surface area contributed by atoms with Crippen molar-refractivity contribution in [1.29, 1.82) is 0 Å². The van der Waals surface area contributed by atoms with Crippen LogP contribution in [-0.2, 0) is 15.8 Å². The molecule has 1 aromatic rings. The molecule has 4 fully saturated rings. The number of para-hydroxylation sites is 1. The van der Waals surface area contributed by atoms with Gasteiger partial charge < -0.3 is 10.6 Å². The number of alkyl halides is 3. The molecule has 0 aliphatic heterocycles. The minimum absolute atomic E-state index is 0.354. The van der Waals surface area contributed by atoms with Crippen molar-refractivity contribution in [3.8, 4) is 0 Å². The van der Waals surface area contributed by atoms with E-state index in [-0.39, 0.29) is 5.54 Å². The molecule has 2 N–H and O–H groups in total. The third-order valence-corrected chi connectivity index (χ3v) is 6.10. The first-order valence-corrected chi connectivity index (χ1v) is 9.04. The number of amides is 2. The van der Waals surface area contributed by atoms with E-state index in [4.69, 9.17) is 0 Å². The molecular weight excluding hydrogens is 345 g/mol. The molecule has 26 heavy (non-hydrogen) atoms. The Morgan fingerprint density at radius 1 is 0.923 bits per heavy atom. The second-order valence-electron chi connectivity index (χ2n) is 8.15. The van der Waals surface area contributed by atoms with Gasteiger partial charge in [0.15, 0.2) is 0 Å². The van der Waals surface area contributed by atoms with Crippen LogP contribution >= 0.6 is 0 Å². The smallest absolute Gasteiger partial charge is 0.342 e. The summed E-state index contributed by atoms with van der Waals surface area (Å²) >= 11 is 0. The number of halogens is 3. The van der Waals surface area contributed by atoms with Crippen LogP contribution in [-0.4, -0.2) is 17.4 Å². The molecule has 5 rings (SSSR count). The van der Waals surface area contributed by atoms with Crippen LogP contribution < -0.4 is 10.6 Å². The number of rotatable bonds is 2. The van der Waals surface area contributed by atoms with Gasteiger partial charge in [-0.2, -0.15) is 13.2 Å². The van der Waals surface area contributed by atoms with Gasteiger partial charge >= 0.3 is 18.0 Å². The summed E-state index contributed by atoms with van der Waals surface area (Å²) in [5.74, 6) is -0.108. The van der Waals surface area contributed by atoms with Crippen LogP contribution in [0.2, 0.25) is 0 Å². The van der Waals surface area contributed by atoms with E-state index in [0.29, 0.717) is 17.8 Å². The van der Waals surface area contributed by atoms with Crippen LogP contribution in [0.4, 0.5) is 18.9 Å². The van der Waals surface area contributed by atoms with Crippen molar-refractivity contribution in [2.75, 3.05) is 5.32 Å². The summed E-state index contributed by atoms with van der Waals surface area (Å²) in [6, 6.07) is 4.67.